The highest BCUT2D eigenvalue weighted by Gasteiger charge is 2.43. The highest BCUT2D eigenvalue weighted by atomic mass is 32.2. The minimum absolute atomic E-state index is 0.0123. The van der Waals surface area contributed by atoms with E-state index in [4.69, 9.17) is 4.74 Å². The van der Waals surface area contributed by atoms with Gasteiger partial charge in [-0.25, -0.2) is 9.18 Å². The predicted octanol–water partition coefficient (Wildman–Crippen LogP) is 5.81. The monoisotopic (exact) mass is 400 g/mol. The van der Waals surface area contributed by atoms with E-state index in [0.29, 0.717) is 5.56 Å². The van der Waals surface area contributed by atoms with Crippen molar-refractivity contribution in [2.45, 2.75) is 44.0 Å². The van der Waals surface area contributed by atoms with Gasteiger partial charge in [-0.3, -0.25) is 4.99 Å². The van der Waals surface area contributed by atoms with Crippen LogP contribution in [0, 0.1) is 5.82 Å². The number of hydrogen-bond acceptors (Lipinski definition) is 5. The van der Waals surface area contributed by atoms with Crippen molar-refractivity contribution >= 4 is 41.4 Å². The quantitative estimate of drug-likeness (QED) is 0.363. The van der Waals surface area contributed by atoms with E-state index in [2.05, 4.69) is 11.6 Å². The van der Waals surface area contributed by atoms with Gasteiger partial charge in [-0.1, -0.05) is 30.5 Å². The van der Waals surface area contributed by atoms with Crippen molar-refractivity contribution in [2.75, 3.05) is 7.05 Å². The summed E-state index contributed by atoms with van der Waals surface area (Å²) in [6, 6.07) is 4.86. The summed E-state index contributed by atoms with van der Waals surface area (Å²) in [5.74, 6) is -0.288. The lowest BCUT2D eigenvalue weighted by atomic mass is 10.1. The molecule has 4 nitrogen and oxygen atoms in total. The fourth-order valence-electron chi connectivity index (χ4n) is 2.37. The topological polar surface area (TPSA) is 41.9 Å². The summed E-state index contributed by atoms with van der Waals surface area (Å²) in [4.78, 5) is 16.2. The van der Waals surface area contributed by atoms with Crippen LogP contribution in [0.15, 0.2) is 29.8 Å². The predicted molar refractivity (Wildman–Crippen MR) is 105 cm³/mol. The van der Waals surface area contributed by atoms with Crippen LogP contribution >= 0.6 is 24.1 Å². The molecule has 0 saturated heterocycles. The Morgan fingerprint density at radius 1 is 1.46 bits per heavy atom. The lowest BCUT2D eigenvalue weighted by Gasteiger charge is -2.24. The minimum atomic E-state index is -0.824. The average molecular weight is 401 g/mol. The van der Waals surface area contributed by atoms with E-state index >= 15 is 0 Å². The van der Waals surface area contributed by atoms with Gasteiger partial charge in [-0.15, -0.1) is 3.89 Å². The lowest BCUT2D eigenvalue weighted by Crippen LogP contribution is -2.35. The molecule has 142 valence electrons. The third-order valence-electron chi connectivity index (χ3n) is 3.64. The summed E-state index contributed by atoms with van der Waals surface area (Å²) in [7, 11) is 1.48. The van der Waals surface area contributed by atoms with Crippen LogP contribution in [0.5, 0.6) is 0 Å². The number of amidine groups is 1. The molecule has 26 heavy (non-hydrogen) atoms. The van der Waals surface area contributed by atoms with Crippen molar-refractivity contribution in [1.82, 2.24) is 4.31 Å². The molecule has 0 aromatic heterocycles. The zero-order chi connectivity index (χ0) is 19.5. The van der Waals surface area contributed by atoms with E-state index in [1.807, 2.05) is 0 Å². The van der Waals surface area contributed by atoms with Gasteiger partial charge in [0.25, 0.3) is 0 Å². The largest absolute Gasteiger partial charge is 0.443 e. The van der Waals surface area contributed by atoms with Crippen molar-refractivity contribution in [3.63, 3.8) is 0 Å². The lowest BCUT2D eigenvalue weighted by molar-refractivity contribution is 0.0474. The van der Waals surface area contributed by atoms with E-state index < -0.39 is 11.7 Å². The number of rotatable bonds is 4. The zero-order valence-corrected chi connectivity index (χ0v) is 16.8. The van der Waals surface area contributed by atoms with Gasteiger partial charge in [0, 0.05) is 18.2 Å². The van der Waals surface area contributed by atoms with Crippen molar-refractivity contribution in [2.24, 2.45) is 4.99 Å². The Bertz CT molecular complexity index is 720. The minimum Gasteiger partial charge on any atom is -0.443 e. The zero-order valence-electron chi connectivity index (χ0n) is 15.2. The number of amides is 1. The van der Waals surface area contributed by atoms with E-state index in [1.165, 1.54) is 24.9 Å². The molecular formula is C18H22F2N2O2S2. The Morgan fingerprint density at radius 2 is 2.15 bits per heavy atom. The Labute approximate surface area is 161 Å². The van der Waals surface area contributed by atoms with Crippen LogP contribution in [0.2, 0.25) is 0 Å². The molecule has 0 bridgehead atoms. The Hall–Kier alpha value is -1.54. The summed E-state index contributed by atoms with van der Waals surface area (Å²) in [5, 5.41) is 0.208. The van der Waals surface area contributed by atoms with Gasteiger partial charge in [0.2, 0.25) is 0 Å². The summed E-state index contributed by atoms with van der Waals surface area (Å²) in [5.41, 5.74) is 0.702. The van der Waals surface area contributed by atoms with Gasteiger partial charge in [0.1, 0.15) is 11.4 Å². The summed E-state index contributed by atoms with van der Waals surface area (Å²) < 4.78 is 33.4. The molecule has 1 aliphatic rings. The van der Waals surface area contributed by atoms with Crippen LogP contribution in [-0.2, 0) is 4.74 Å². The Balaban J connectivity index is 2.08. The third kappa shape index (κ3) is 5.23. The van der Waals surface area contributed by atoms with E-state index in [1.54, 1.807) is 39.0 Å². The van der Waals surface area contributed by atoms with Gasteiger partial charge in [0.15, 0.2) is 17.5 Å². The first kappa shape index (κ1) is 20.8. The molecule has 1 aromatic carbocycles. The second-order valence-electron chi connectivity index (χ2n) is 6.83. The van der Waals surface area contributed by atoms with Crippen molar-refractivity contribution in [1.29, 1.82) is 0 Å². The normalized spacial score (nSPS) is 19.8. The first-order chi connectivity index (χ1) is 12.2. The van der Waals surface area contributed by atoms with Crippen LogP contribution in [0.4, 0.5) is 13.1 Å². The summed E-state index contributed by atoms with van der Waals surface area (Å²) >= 11 is 0.992. The van der Waals surface area contributed by atoms with Crippen molar-refractivity contribution < 1.29 is 17.8 Å². The highest BCUT2D eigenvalue weighted by Crippen LogP contribution is 2.51. The van der Waals surface area contributed by atoms with Crippen molar-refractivity contribution in [3.05, 3.63) is 41.7 Å². The smallest absolute Gasteiger partial charge is 0.428 e. The van der Waals surface area contributed by atoms with Crippen LogP contribution in [0.1, 0.15) is 44.2 Å². The maximum absolute atomic E-state index is 14.1. The second kappa shape index (κ2) is 8.43. The van der Waals surface area contributed by atoms with E-state index in [0.717, 1.165) is 16.3 Å². The Morgan fingerprint density at radius 3 is 2.69 bits per heavy atom. The van der Waals surface area contributed by atoms with Gasteiger partial charge < -0.3 is 4.74 Å². The first-order valence-electron chi connectivity index (χ1n) is 8.07. The second-order valence-corrected chi connectivity index (χ2v) is 8.54. The summed E-state index contributed by atoms with van der Waals surface area (Å²) in [6.07, 6.45) is 1.56. The number of nitrogens with zero attached hydrogens (tertiary/aromatic N) is 2. The van der Waals surface area contributed by atoms with Gasteiger partial charge in [-0.05, 0) is 50.5 Å². The number of halogens is 2. The van der Waals surface area contributed by atoms with Crippen LogP contribution in [0.3, 0.4) is 0 Å². The molecule has 1 aliphatic carbocycles. The molecule has 0 radical (unpaired) electrons. The van der Waals surface area contributed by atoms with E-state index in [-0.39, 0.29) is 34.5 Å². The number of benzene rings is 1. The fourth-order valence-corrected chi connectivity index (χ4v) is 3.98. The maximum atomic E-state index is 14.1. The molecule has 2 rings (SSSR count). The van der Waals surface area contributed by atoms with Crippen LogP contribution < -0.4 is 0 Å². The first-order valence-corrected chi connectivity index (χ1v) is 9.62. The number of carbonyl (C=O) groups excluding carboxylic acids is 1. The molecule has 1 saturated carbocycles. The number of ether oxygens (including phenoxy) is 1. The van der Waals surface area contributed by atoms with Gasteiger partial charge >= 0.3 is 6.09 Å². The number of thioether (sulfide) groups is 1. The fraction of sp³-hybridized carbons (Fsp3) is 0.444. The molecule has 0 aliphatic heterocycles. The molecule has 2 unspecified atom stereocenters. The van der Waals surface area contributed by atoms with Gasteiger partial charge in [0.05, 0.1) is 0 Å². The molecular weight excluding hydrogens is 378 g/mol. The molecule has 2 atom stereocenters. The number of hydrogen-bond donors (Lipinski definition) is 0. The van der Waals surface area contributed by atoms with E-state index in [9.17, 15) is 13.1 Å². The molecule has 0 N–H and O–H groups in total. The number of aliphatic imine (C=N–C) groups is 1. The highest BCUT2D eigenvalue weighted by molar-refractivity contribution is 8.15. The molecule has 1 aromatic rings. The molecule has 8 heteroatoms. The summed E-state index contributed by atoms with van der Waals surface area (Å²) in [6.45, 7) is 8.80. The third-order valence-corrected chi connectivity index (χ3v) is 5.61. The standard InChI is InChI=1S/C18H22F2N2O2S2/c1-6-11-7-8-14(19)12(9-11)13-10-15(13)25-16(21-5)22(26-20)17(23)24-18(2,3)4/h6-9,13,15H,1,10H2,2-5H3. The Kier molecular flexibility index (Phi) is 6.74. The SMILES string of the molecule is C=Cc1ccc(F)c(C2CC2SC(=NC)N(SF)C(=O)OC(C)(C)C)c1. The molecule has 1 fully saturated rings. The number of carbonyl (C=O) groups is 1. The maximum Gasteiger partial charge on any atom is 0.428 e. The van der Waals surface area contributed by atoms with Gasteiger partial charge in [-0.2, -0.15) is 4.31 Å². The molecule has 1 amide bonds. The van der Waals surface area contributed by atoms with Crippen molar-refractivity contribution in [3.8, 4) is 0 Å². The molecule has 0 spiro atoms. The van der Waals surface area contributed by atoms with Crippen LogP contribution in [0.25, 0.3) is 6.08 Å². The van der Waals surface area contributed by atoms with Crippen LogP contribution in [-0.4, -0.2) is 33.5 Å². The molecule has 0 heterocycles. The average Bonchev–Trinajstić information content (AvgIpc) is 3.32.